The smallest absolute Gasteiger partial charge is 0.0499 e. The molecule has 2 fully saturated rings. The highest BCUT2D eigenvalue weighted by molar-refractivity contribution is 4.86. The highest BCUT2D eigenvalue weighted by Gasteiger charge is 2.32. The third kappa shape index (κ3) is 3.19. The number of hydrogen-bond donors (Lipinski definition) is 2. The van der Waals surface area contributed by atoms with E-state index in [0.29, 0.717) is 6.61 Å². The molecular formula is C13H25NO2. The maximum Gasteiger partial charge on any atom is 0.0499 e. The topological polar surface area (TPSA) is 41.5 Å². The molecule has 2 N–H and O–H groups in total. The first-order chi connectivity index (χ1) is 7.85. The SMILES string of the molecule is OCC1(CNCC2CCOCC2)CCCC1. The summed E-state index contributed by atoms with van der Waals surface area (Å²) in [6.07, 6.45) is 7.37. The van der Waals surface area contributed by atoms with Crippen LogP contribution in [0.4, 0.5) is 0 Å². The van der Waals surface area contributed by atoms with Crippen LogP contribution in [0.2, 0.25) is 0 Å². The van der Waals surface area contributed by atoms with Crippen LogP contribution in [0.5, 0.6) is 0 Å². The van der Waals surface area contributed by atoms with Gasteiger partial charge < -0.3 is 15.2 Å². The summed E-state index contributed by atoms with van der Waals surface area (Å²) in [4.78, 5) is 0. The molecule has 0 amide bonds. The summed E-state index contributed by atoms with van der Waals surface area (Å²) in [7, 11) is 0. The standard InChI is InChI=1S/C13H25NO2/c15-11-13(5-1-2-6-13)10-14-9-12-3-7-16-8-4-12/h12,14-15H,1-11H2. The van der Waals surface area contributed by atoms with Crippen molar-refractivity contribution in [1.82, 2.24) is 5.32 Å². The summed E-state index contributed by atoms with van der Waals surface area (Å²) in [5, 5.41) is 13.1. The summed E-state index contributed by atoms with van der Waals surface area (Å²) >= 11 is 0. The normalized spacial score (nSPS) is 26.1. The first-order valence-electron chi connectivity index (χ1n) is 6.74. The lowest BCUT2D eigenvalue weighted by Gasteiger charge is -2.29. The van der Waals surface area contributed by atoms with Gasteiger partial charge in [-0.3, -0.25) is 0 Å². The fraction of sp³-hybridized carbons (Fsp3) is 1.00. The van der Waals surface area contributed by atoms with E-state index in [4.69, 9.17) is 4.74 Å². The number of rotatable bonds is 5. The zero-order chi connectivity index (χ0) is 11.3. The van der Waals surface area contributed by atoms with Crippen LogP contribution >= 0.6 is 0 Å². The Bertz CT molecular complexity index is 196. The summed E-state index contributed by atoms with van der Waals surface area (Å²) in [6.45, 7) is 4.31. The van der Waals surface area contributed by atoms with Gasteiger partial charge in [-0.05, 0) is 38.1 Å². The Labute approximate surface area is 98.6 Å². The van der Waals surface area contributed by atoms with Gasteiger partial charge in [0.15, 0.2) is 0 Å². The van der Waals surface area contributed by atoms with Gasteiger partial charge in [-0.15, -0.1) is 0 Å². The largest absolute Gasteiger partial charge is 0.396 e. The fourth-order valence-corrected chi connectivity index (χ4v) is 3.01. The zero-order valence-corrected chi connectivity index (χ0v) is 10.2. The average Bonchev–Trinajstić information content (AvgIpc) is 2.80. The Morgan fingerprint density at radius 2 is 1.88 bits per heavy atom. The molecule has 3 heteroatoms. The van der Waals surface area contributed by atoms with Gasteiger partial charge in [0, 0.05) is 31.8 Å². The van der Waals surface area contributed by atoms with Gasteiger partial charge >= 0.3 is 0 Å². The first kappa shape index (κ1) is 12.3. The van der Waals surface area contributed by atoms with Crippen molar-refractivity contribution < 1.29 is 9.84 Å². The quantitative estimate of drug-likeness (QED) is 0.749. The van der Waals surface area contributed by atoms with Crippen LogP contribution in [-0.2, 0) is 4.74 Å². The summed E-state index contributed by atoms with van der Waals surface area (Å²) in [5.74, 6) is 0.783. The van der Waals surface area contributed by atoms with Gasteiger partial charge in [0.2, 0.25) is 0 Å². The van der Waals surface area contributed by atoms with E-state index in [2.05, 4.69) is 5.32 Å². The van der Waals surface area contributed by atoms with Gasteiger partial charge in [0.25, 0.3) is 0 Å². The van der Waals surface area contributed by atoms with Crippen molar-refractivity contribution in [2.24, 2.45) is 11.3 Å². The van der Waals surface area contributed by atoms with Crippen LogP contribution < -0.4 is 5.32 Å². The van der Waals surface area contributed by atoms with Crippen LogP contribution in [0, 0.1) is 11.3 Å². The van der Waals surface area contributed by atoms with Crippen LogP contribution in [0.1, 0.15) is 38.5 Å². The third-order valence-corrected chi connectivity index (χ3v) is 4.27. The van der Waals surface area contributed by atoms with Crippen LogP contribution in [0.3, 0.4) is 0 Å². The van der Waals surface area contributed by atoms with Crippen LogP contribution in [0.25, 0.3) is 0 Å². The number of hydrogen-bond acceptors (Lipinski definition) is 3. The molecule has 0 aromatic carbocycles. The predicted octanol–water partition coefficient (Wildman–Crippen LogP) is 1.56. The lowest BCUT2D eigenvalue weighted by Crippen LogP contribution is -2.38. The number of aliphatic hydroxyl groups excluding tert-OH is 1. The molecule has 0 aromatic heterocycles. The first-order valence-corrected chi connectivity index (χ1v) is 6.74. The van der Waals surface area contributed by atoms with Crippen LogP contribution in [0.15, 0.2) is 0 Å². The molecule has 0 atom stereocenters. The molecule has 0 bridgehead atoms. The lowest BCUT2D eigenvalue weighted by atomic mass is 9.87. The Morgan fingerprint density at radius 1 is 1.19 bits per heavy atom. The molecule has 2 rings (SSSR count). The minimum Gasteiger partial charge on any atom is -0.396 e. The van der Waals surface area contributed by atoms with Crippen molar-refractivity contribution >= 4 is 0 Å². The lowest BCUT2D eigenvalue weighted by molar-refractivity contribution is 0.0635. The molecule has 1 aliphatic heterocycles. The molecule has 1 saturated heterocycles. The summed E-state index contributed by atoms with van der Waals surface area (Å²) in [5.41, 5.74) is 0.200. The maximum absolute atomic E-state index is 9.49. The van der Waals surface area contributed by atoms with E-state index in [1.807, 2.05) is 0 Å². The zero-order valence-electron chi connectivity index (χ0n) is 10.2. The van der Waals surface area contributed by atoms with Crippen molar-refractivity contribution in [3.63, 3.8) is 0 Å². The second-order valence-corrected chi connectivity index (χ2v) is 5.55. The Kier molecular flexibility index (Phi) is 4.62. The average molecular weight is 227 g/mol. The van der Waals surface area contributed by atoms with E-state index < -0.39 is 0 Å². The second-order valence-electron chi connectivity index (χ2n) is 5.55. The Balaban J connectivity index is 1.66. The predicted molar refractivity (Wildman–Crippen MR) is 64.4 cm³/mol. The van der Waals surface area contributed by atoms with E-state index in [0.717, 1.165) is 32.2 Å². The molecule has 1 heterocycles. The molecule has 0 spiro atoms. The molecule has 2 aliphatic rings. The third-order valence-electron chi connectivity index (χ3n) is 4.27. The van der Waals surface area contributed by atoms with Gasteiger partial charge in [-0.1, -0.05) is 12.8 Å². The maximum atomic E-state index is 9.49. The molecule has 0 aromatic rings. The van der Waals surface area contributed by atoms with E-state index >= 15 is 0 Å². The minimum atomic E-state index is 0.200. The highest BCUT2D eigenvalue weighted by Crippen LogP contribution is 2.36. The molecule has 0 radical (unpaired) electrons. The van der Waals surface area contributed by atoms with Gasteiger partial charge in [0.05, 0.1) is 0 Å². The van der Waals surface area contributed by atoms with Crippen molar-refractivity contribution in [3.05, 3.63) is 0 Å². The fourth-order valence-electron chi connectivity index (χ4n) is 3.01. The van der Waals surface area contributed by atoms with E-state index in [-0.39, 0.29) is 5.41 Å². The van der Waals surface area contributed by atoms with Gasteiger partial charge in [0.1, 0.15) is 0 Å². The number of aliphatic hydroxyl groups is 1. The second kappa shape index (κ2) is 5.99. The van der Waals surface area contributed by atoms with Gasteiger partial charge in [-0.25, -0.2) is 0 Å². The number of nitrogens with one attached hydrogen (secondary N) is 1. The molecule has 16 heavy (non-hydrogen) atoms. The summed E-state index contributed by atoms with van der Waals surface area (Å²) < 4.78 is 5.35. The van der Waals surface area contributed by atoms with Crippen LogP contribution in [-0.4, -0.2) is 38.0 Å². The Morgan fingerprint density at radius 3 is 2.50 bits per heavy atom. The molecule has 1 saturated carbocycles. The van der Waals surface area contributed by atoms with E-state index in [1.165, 1.54) is 38.5 Å². The van der Waals surface area contributed by atoms with Crippen molar-refractivity contribution in [2.45, 2.75) is 38.5 Å². The number of ether oxygens (including phenoxy) is 1. The van der Waals surface area contributed by atoms with Crippen molar-refractivity contribution in [3.8, 4) is 0 Å². The van der Waals surface area contributed by atoms with E-state index in [9.17, 15) is 5.11 Å². The minimum absolute atomic E-state index is 0.200. The van der Waals surface area contributed by atoms with Gasteiger partial charge in [-0.2, -0.15) is 0 Å². The molecule has 1 aliphatic carbocycles. The highest BCUT2D eigenvalue weighted by atomic mass is 16.5. The molecule has 0 unspecified atom stereocenters. The Hall–Kier alpha value is -0.120. The monoisotopic (exact) mass is 227 g/mol. The molecular weight excluding hydrogens is 202 g/mol. The molecule has 94 valence electrons. The summed E-state index contributed by atoms with van der Waals surface area (Å²) in [6, 6.07) is 0. The molecule has 3 nitrogen and oxygen atoms in total. The van der Waals surface area contributed by atoms with Crippen molar-refractivity contribution in [1.29, 1.82) is 0 Å². The van der Waals surface area contributed by atoms with Crippen molar-refractivity contribution in [2.75, 3.05) is 32.9 Å². The van der Waals surface area contributed by atoms with E-state index in [1.54, 1.807) is 0 Å².